The summed E-state index contributed by atoms with van der Waals surface area (Å²) >= 11 is 0. The molecule has 0 bridgehead atoms. The fourth-order valence-electron chi connectivity index (χ4n) is 5.67. The Balaban J connectivity index is 1.04. The number of carbonyl (C=O) groups excluding carboxylic acids is 3. The van der Waals surface area contributed by atoms with Crippen molar-refractivity contribution < 1.29 is 18.8 Å². The highest BCUT2D eigenvalue weighted by molar-refractivity contribution is 5.98. The van der Waals surface area contributed by atoms with E-state index in [9.17, 15) is 14.4 Å². The summed E-state index contributed by atoms with van der Waals surface area (Å²) < 4.78 is 5.67. The van der Waals surface area contributed by atoms with Crippen LogP contribution in [0, 0.1) is 18.3 Å². The summed E-state index contributed by atoms with van der Waals surface area (Å²) in [4.78, 5) is 41.7. The van der Waals surface area contributed by atoms with Gasteiger partial charge in [0.2, 0.25) is 5.91 Å². The van der Waals surface area contributed by atoms with Gasteiger partial charge in [0.15, 0.2) is 0 Å². The molecule has 3 aliphatic rings. The van der Waals surface area contributed by atoms with Crippen molar-refractivity contribution in [2.45, 2.75) is 26.2 Å². The van der Waals surface area contributed by atoms with Gasteiger partial charge in [0.05, 0.1) is 0 Å². The maximum atomic E-state index is 13.1. The van der Waals surface area contributed by atoms with Crippen LogP contribution in [0.4, 0.5) is 16.2 Å². The molecular weight excluding hydrogens is 468 g/mol. The molecule has 6 rings (SSSR count). The van der Waals surface area contributed by atoms with Crippen molar-refractivity contribution in [2.75, 3.05) is 36.4 Å². The van der Waals surface area contributed by atoms with Gasteiger partial charge in [0.1, 0.15) is 11.5 Å². The molecule has 1 aliphatic carbocycles. The van der Waals surface area contributed by atoms with Crippen LogP contribution in [0.1, 0.15) is 35.4 Å². The number of piperidine rings is 1. The SMILES string of the molecule is Cc1ccc(-c2ccc(C(=O)N3CCC4(CC3)C[C@@H]4C(=O)Nc3cccc(N4CCNC4=O)c3)cc2)o1. The van der Waals surface area contributed by atoms with Gasteiger partial charge in [-0.3, -0.25) is 14.5 Å². The smallest absolute Gasteiger partial charge is 0.321 e. The normalized spacial score (nSPS) is 20.1. The zero-order valence-corrected chi connectivity index (χ0v) is 20.8. The summed E-state index contributed by atoms with van der Waals surface area (Å²) in [6.07, 6.45) is 2.51. The number of urea groups is 1. The Hall–Kier alpha value is -4.07. The van der Waals surface area contributed by atoms with Crippen LogP contribution in [0.2, 0.25) is 0 Å². The first-order chi connectivity index (χ1) is 17.9. The van der Waals surface area contributed by atoms with E-state index in [1.54, 1.807) is 4.90 Å². The minimum atomic E-state index is -0.116. The van der Waals surface area contributed by atoms with Crippen LogP contribution < -0.4 is 15.5 Å². The number of likely N-dealkylation sites (tertiary alicyclic amines) is 1. The van der Waals surface area contributed by atoms with E-state index in [1.165, 1.54) is 0 Å². The Morgan fingerprint density at radius 1 is 1.03 bits per heavy atom. The van der Waals surface area contributed by atoms with Gasteiger partial charge in [-0.25, -0.2) is 4.79 Å². The van der Waals surface area contributed by atoms with Gasteiger partial charge < -0.3 is 20.0 Å². The molecular formula is C29H30N4O4. The van der Waals surface area contributed by atoms with Crippen LogP contribution in [-0.4, -0.2) is 48.9 Å². The van der Waals surface area contributed by atoms with E-state index in [-0.39, 0.29) is 29.2 Å². The van der Waals surface area contributed by atoms with Crippen molar-refractivity contribution in [3.05, 3.63) is 72.0 Å². The molecule has 190 valence electrons. The molecule has 2 aliphatic heterocycles. The Kier molecular flexibility index (Phi) is 5.74. The number of rotatable bonds is 5. The van der Waals surface area contributed by atoms with Gasteiger partial charge in [-0.05, 0) is 74.1 Å². The number of amides is 4. The fourth-order valence-corrected chi connectivity index (χ4v) is 5.67. The molecule has 1 aromatic heterocycles. The Morgan fingerprint density at radius 2 is 1.81 bits per heavy atom. The lowest BCUT2D eigenvalue weighted by molar-refractivity contribution is -0.118. The first-order valence-electron chi connectivity index (χ1n) is 12.8. The standard InChI is InChI=1S/C29H30N4O4/c1-19-5-10-25(37-19)20-6-8-21(9-7-20)27(35)32-14-11-29(12-15-32)18-24(29)26(34)31-22-3-2-4-23(17-22)33-16-13-30-28(33)36/h2-10,17,24H,11-16,18H2,1H3,(H,30,36)(H,31,34)/t24-/m1/s1. The zero-order chi connectivity index (χ0) is 25.6. The highest BCUT2D eigenvalue weighted by atomic mass is 16.3. The predicted octanol–water partition coefficient (Wildman–Crippen LogP) is 4.67. The molecule has 37 heavy (non-hydrogen) atoms. The molecule has 1 atom stereocenters. The predicted molar refractivity (Wildman–Crippen MR) is 140 cm³/mol. The van der Waals surface area contributed by atoms with Crippen molar-refractivity contribution >= 4 is 29.2 Å². The molecule has 2 aromatic carbocycles. The van der Waals surface area contributed by atoms with E-state index < -0.39 is 0 Å². The quantitative estimate of drug-likeness (QED) is 0.535. The van der Waals surface area contributed by atoms with Gasteiger partial charge in [0, 0.05) is 54.6 Å². The lowest BCUT2D eigenvalue weighted by Crippen LogP contribution is -2.40. The maximum absolute atomic E-state index is 13.1. The monoisotopic (exact) mass is 498 g/mol. The molecule has 4 amide bonds. The lowest BCUT2D eigenvalue weighted by atomic mass is 9.90. The van der Waals surface area contributed by atoms with Crippen molar-refractivity contribution in [1.29, 1.82) is 0 Å². The molecule has 8 heteroatoms. The minimum absolute atomic E-state index is 0.0195. The van der Waals surface area contributed by atoms with E-state index >= 15 is 0 Å². The molecule has 3 aromatic rings. The number of nitrogens with one attached hydrogen (secondary N) is 2. The van der Waals surface area contributed by atoms with Crippen LogP contribution in [0.3, 0.4) is 0 Å². The Bertz CT molecular complexity index is 1350. The molecule has 8 nitrogen and oxygen atoms in total. The number of hydrogen-bond donors (Lipinski definition) is 2. The van der Waals surface area contributed by atoms with Gasteiger partial charge in [0.25, 0.3) is 5.91 Å². The fraction of sp³-hybridized carbons (Fsp3) is 0.345. The third-order valence-corrected chi connectivity index (χ3v) is 7.99. The topological polar surface area (TPSA) is 94.9 Å². The zero-order valence-electron chi connectivity index (χ0n) is 20.8. The number of nitrogens with zero attached hydrogens (tertiary/aromatic N) is 2. The van der Waals surface area contributed by atoms with E-state index in [1.807, 2.05) is 72.5 Å². The molecule has 0 unspecified atom stereocenters. The average molecular weight is 499 g/mol. The summed E-state index contributed by atoms with van der Waals surface area (Å²) in [6.45, 7) is 4.45. The summed E-state index contributed by atoms with van der Waals surface area (Å²) in [5.74, 6) is 1.66. The summed E-state index contributed by atoms with van der Waals surface area (Å²) in [6, 6.07) is 18.7. The summed E-state index contributed by atoms with van der Waals surface area (Å²) in [5.41, 5.74) is 3.07. The first-order valence-corrected chi connectivity index (χ1v) is 12.8. The first kappa shape index (κ1) is 23.3. The number of benzene rings is 2. The second kappa shape index (κ2) is 9.10. The molecule has 2 saturated heterocycles. The summed E-state index contributed by atoms with van der Waals surface area (Å²) in [5, 5.41) is 5.84. The van der Waals surface area contributed by atoms with Gasteiger partial charge in [-0.2, -0.15) is 0 Å². The average Bonchev–Trinajstić information content (AvgIpc) is 3.19. The van der Waals surface area contributed by atoms with Gasteiger partial charge in [-0.1, -0.05) is 18.2 Å². The lowest BCUT2D eigenvalue weighted by Gasteiger charge is -2.33. The number of anilines is 2. The van der Waals surface area contributed by atoms with E-state index in [2.05, 4.69) is 10.6 Å². The molecule has 0 radical (unpaired) electrons. The molecule has 2 N–H and O–H groups in total. The van der Waals surface area contributed by atoms with Crippen LogP contribution in [0.15, 0.2) is 65.1 Å². The number of aryl methyl sites for hydroxylation is 1. The highest BCUT2D eigenvalue weighted by Crippen LogP contribution is 2.59. The Labute approximate surface area is 215 Å². The highest BCUT2D eigenvalue weighted by Gasteiger charge is 2.58. The van der Waals surface area contributed by atoms with Gasteiger partial charge in [-0.15, -0.1) is 0 Å². The molecule has 3 heterocycles. The van der Waals surface area contributed by atoms with E-state index in [0.717, 1.165) is 42.0 Å². The van der Waals surface area contributed by atoms with Crippen LogP contribution in [0.25, 0.3) is 11.3 Å². The van der Waals surface area contributed by atoms with Crippen LogP contribution in [-0.2, 0) is 4.79 Å². The van der Waals surface area contributed by atoms with Gasteiger partial charge >= 0.3 is 6.03 Å². The number of carbonyl (C=O) groups is 3. The maximum Gasteiger partial charge on any atom is 0.321 e. The van der Waals surface area contributed by atoms with Crippen molar-refractivity contribution in [3.8, 4) is 11.3 Å². The third kappa shape index (κ3) is 4.48. The van der Waals surface area contributed by atoms with E-state index in [0.29, 0.717) is 37.4 Å². The minimum Gasteiger partial charge on any atom is -0.461 e. The van der Waals surface area contributed by atoms with Crippen molar-refractivity contribution in [1.82, 2.24) is 10.2 Å². The number of furan rings is 1. The third-order valence-electron chi connectivity index (χ3n) is 7.99. The molecule has 1 saturated carbocycles. The number of hydrogen-bond acceptors (Lipinski definition) is 4. The largest absolute Gasteiger partial charge is 0.461 e. The second-order valence-electron chi connectivity index (χ2n) is 10.3. The Morgan fingerprint density at radius 3 is 2.49 bits per heavy atom. The second-order valence-corrected chi connectivity index (χ2v) is 10.3. The van der Waals surface area contributed by atoms with E-state index in [4.69, 9.17) is 4.42 Å². The van der Waals surface area contributed by atoms with Crippen molar-refractivity contribution in [2.24, 2.45) is 11.3 Å². The molecule has 3 fully saturated rings. The van der Waals surface area contributed by atoms with Crippen LogP contribution >= 0.6 is 0 Å². The summed E-state index contributed by atoms with van der Waals surface area (Å²) in [7, 11) is 0. The van der Waals surface area contributed by atoms with Crippen molar-refractivity contribution in [3.63, 3.8) is 0 Å². The molecule has 1 spiro atoms. The van der Waals surface area contributed by atoms with Crippen LogP contribution in [0.5, 0.6) is 0 Å².